The third-order valence-corrected chi connectivity index (χ3v) is 18.5. The fraction of sp³-hybridized carbons (Fsp3) is 0.333. The molecule has 1 fully saturated rings. The predicted molar refractivity (Wildman–Crippen MR) is 284 cm³/mol. The van der Waals surface area contributed by atoms with E-state index in [-0.39, 0.29) is 39.5 Å². The summed E-state index contributed by atoms with van der Waals surface area (Å²) in [5, 5.41) is 0. The highest BCUT2D eigenvalue weighted by molar-refractivity contribution is 7.00. The maximum Gasteiger partial charge on any atom is 0.252 e. The summed E-state index contributed by atoms with van der Waals surface area (Å²) >= 11 is 0. The van der Waals surface area contributed by atoms with Gasteiger partial charge in [0.25, 0.3) is 6.71 Å². The van der Waals surface area contributed by atoms with Crippen LogP contribution in [0.3, 0.4) is 0 Å². The Morgan fingerprint density at radius 3 is 1.96 bits per heavy atom. The van der Waals surface area contributed by atoms with Crippen LogP contribution in [0, 0.1) is 0 Å². The van der Waals surface area contributed by atoms with E-state index in [1.165, 1.54) is 108 Å². The number of aryl methyl sites for hydroxylation is 1. The molecule has 4 unspecified atom stereocenters. The van der Waals surface area contributed by atoms with Crippen molar-refractivity contribution in [2.75, 3.05) is 14.7 Å². The first kappa shape index (κ1) is 41.2. The lowest BCUT2D eigenvalue weighted by atomic mass is 9.33. The third kappa shape index (κ3) is 5.15. The minimum atomic E-state index is -0.333. The highest BCUT2D eigenvalue weighted by Gasteiger charge is 2.65. The molecule has 13 rings (SSSR count). The Kier molecular flexibility index (Phi) is 8.36. The highest BCUT2D eigenvalue weighted by atomic mass is 15.3. The molecule has 0 spiro atoms. The number of hydrogen-bond acceptors (Lipinski definition) is 3. The van der Waals surface area contributed by atoms with Gasteiger partial charge in [0.2, 0.25) is 0 Å². The summed E-state index contributed by atoms with van der Waals surface area (Å²) in [4.78, 5) is 8.43. The van der Waals surface area contributed by atoms with Crippen molar-refractivity contribution in [2.24, 2.45) is 0 Å². The van der Waals surface area contributed by atoms with Crippen LogP contribution < -0.4 is 31.1 Å². The van der Waals surface area contributed by atoms with Gasteiger partial charge >= 0.3 is 0 Å². The molecule has 7 aromatic carbocycles. The molecule has 4 heterocycles. The predicted octanol–water partition coefficient (Wildman–Crippen LogP) is 13.9. The molecule has 7 aromatic rings. The lowest BCUT2D eigenvalue weighted by Crippen LogP contribution is -2.65. The van der Waals surface area contributed by atoms with Crippen molar-refractivity contribution >= 4 is 62.9 Å². The van der Waals surface area contributed by atoms with Gasteiger partial charge in [-0.3, -0.25) is 0 Å². The summed E-state index contributed by atoms with van der Waals surface area (Å²) in [6.07, 6.45) is 6.88. The van der Waals surface area contributed by atoms with E-state index in [0.29, 0.717) is 0 Å². The zero-order valence-corrected chi connectivity index (χ0v) is 41.1. The Morgan fingerprint density at radius 1 is 0.493 bits per heavy atom. The molecule has 0 saturated heterocycles. The van der Waals surface area contributed by atoms with E-state index in [4.69, 9.17) is 0 Å². The van der Waals surface area contributed by atoms with Crippen LogP contribution in [-0.2, 0) is 33.6 Å². The van der Waals surface area contributed by atoms with Crippen LogP contribution in [0.5, 0.6) is 0 Å². The van der Waals surface area contributed by atoms with Crippen LogP contribution >= 0.6 is 0 Å². The van der Waals surface area contributed by atoms with E-state index in [1.807, 2.05) is 0 Å². The van der Waals surface area contributed by atoms with Crippen molar-refractivity contribution in [2.45, 2.75) is 134 Å². The summed E-state index contributed by atoms with van der Waals surface area (Å²) < 4.78 is 0. The fourth-order valence-electron chi connectivity index (χ4n) is 14.9. The maximum atomic E-state index is 2.93. The number of nitrogens with zero attached hydrogens (tertiary/aromatic N) is 3. The summed E-state index contributed by atoms with van der Waals surface area (Å²) in [5.41, 5.74) is 22.7. The Hall–Kier alpha value is -6.00. The monoisotopic (exact) mass is 874 g/mol. The number of rotatable bonds is 3. The molecular weight excluding hydrogens is 810 g/mol. The van der Waals surface area contributed by atoms with Gasteiger partial charge in [-0.05, 0) is 142 Å². The Labute approximate surface area is 400 Å². The van der Waals surface area contributed by atoms with Gasteiger partial charge in [-0.2, -0.15) is 0 Å². The molecule has 0 amide bonds. The quantitative estimate of drug-likeness (QED) is 0.164. The zero-order chi connectivity index (χ0) is 46.0. The SMILES string of the molecule is CC(C)(C)c1cccc(N2c3cc(C(C)(C)C)ccc3B3c4cccc5c4N(c4cc(N6c7ccccc7C7(C)CCc8ccccc8C67C)cc2c43)C2(C)CCCCC52c2ccccc2)c1. The average Bonchev–Trinajstić information content (AvgIpc) is 3.70. The van der Waals surface area contributed by atoms with Gasteiger partial charge in [-0.1, -0.05) is 177 Å². The zero-order valence-electron chi connectivity index (χ0n) is 41.1. The first-order valence-electron chi connectivity index (χ1n) is 25.3. The standard InChI is InChI=1S/C63H64BN3/c1-58(2,3)43-24-19-25-45(37-43)65-53-38-44(59(4,5)6)31-32-50(53)64-51-29-20-28-49-57(51)67(61(8)34-17-18-35-63(49,61)42-22-11-10-12-23-42)55-40-46(39-54(65)56(55)64)66-52-30-16-15-27-48(52)60(7)36-33-41-21-13-14-26-47(41)62(60,66)9/h10-16,19-32,37-40H,17-18,33-36H2,1-9H3. The van der Waals surface area contributed by atoms with E-state index in [1.54, 1.807) is 0 Å². The van der Waals surface area contributed by atoms with Gasteiger partial charge < -0.3 is 14.7 Å². The van der Waals surface area contributed by atoms with Crippen molar-refractivity contribution in [3.8, 4) is 0 Å². The van der Waals surface area contributed by atoms with Crippen molar-refractivity contribution in [3.05, 3.63) is 191 Å². The number of para-hydroxylation sites is 2. The van der Waals surface area contributed by atoms with Gasteiger partial charge in [0.15, 0.2) is 0 Å². The van der Waals surface area contributed by atoms with Crippen molar-refractivity contribution in [1.29, 1.82) is 0 Å². The molecule has 67 heavy (non-hydrogen) atoms. The minimum absolute atomic E-state index is 0.0143. The van der Waals surface area contributed by atoms with Gasteiger partial charge in [-0.25, -0.2) is 0 Å². The summed E-state index contributed by atoms with van der Waals surface area (Å²) in [6, 6.07) is 60.1. The van der Waals surface area contributed by atoms with Crippen LogP contribution in [0.2, 0.25) is 0 Å². The van der Waals surface area contributed by atoms with Crippen LogP contribution in [0.25, 0.3) is 0 Å². The Balaban J connectivity index is 1.18. The van der Waals surface area contributed by atoms with Crippen LogP contribution in [0.4, 0.5) is 39.8 Å². The fourth-order valence-corrected chi connectivity index (χ4v) is 14.9. The molecule has 4 aliphatic heterocycles. The molecular formula is C63H64BN3. The molecule has 4 atom stereocenters. The smallest absolute Gasteiger partial charge is 0.252 e. The van der Waals surface area contributed by atoms with Crippen molar-refractivity contribution < 1.29 is 0 Å². The van der Waals surface area contributed by atoms with Crippen LogP contribution in [-0.4, -0.2) is 12.3 Å². The van der Waals surface area contributed by atoms with Gasteiger partial charge in [0.05, 0.1) is 11.1 Å². The molecule has 3 nitrogen and oxygen atoms in total. The first-order chi connectivity index (χ1) is 32.1. The molecule has 6 aliphatic rings. The van der Waals surface area contributed by atoms with E-state index in [9.17, 15) is 0 Å². The minimum Gasteiger partial charge on any atom is -0.335 e. The Bertz CT molecular complexity index is 3210. The van der Waals surface area contributed by atoms with Crippen molar-refractivity contribution in [1.82, 2.24) is 0 Å². The molecule has 1 saturated carbocycles. The topological polar surface area (TPSA) is 9.72 Å². The van der Waals surface area contributed by atoms with E-state index in [0.717, 1.165) is 25.7 Å². The number of hydrogen-bond donors (Lipinski definition) is 0. The second-order valence-corrected chi connectivity index (χ2v) is 23.7. The van der Waals surface area contributed by atoms with E-state index in [2.05, 4.69) is 229 Å². The number of anilines is 7. The molecule has 334 valence electrons. The highest BCUT2D eigenvalue weighted by Crippen LogP contribution is 2.67. The molecule has 0 N–H and O–H groups in total. The van der Waals surface area contributed by atoms with Gasteiger partial charge in [0.1, 0.15) is 0 Å². The van der Waals surface area contributed by atoms with Crippen LogP contribution in [0.15, 0.2) is 152 Å². The average molecular weight is 874 g/mol. The largest absolute Gasteiger partial charge is 0.335 e. The summed E-state index contributed by atoms with van der Waals surface area (Å²) in [7, 11) is 0. The lowest BCUT2D eigenvalue weighted by Gasteiger charge is -2.55. The molecule has 4 heteroatoms. The third-order valence-electron chi connectivity index (χ3n) is 18.5. The van der Waals surface area contributed by atoms with Gasteiger partial charge in [-0.15, -0.1) is 0 Å². The summed E-state index contributed by atoms with van der Waals surface area (Å²) in [6.45, 7) is 22.0. The number of benzene rings is 7. The van der Waals surface area contributed by atoms with E-state index < -0.39 is 0 Å². The lowest BCUT2D eigenvalue weighted by molar-refractivity contribution is 0.215. The normalized spacial score (nSPS) is 25.1. The van der Waals surface area contributed by atoms with Gasteiger partial charge in [0, 0.05) is 50.6 Å². The molecule has 0 aromatic heterocycles. The van der Waals surface area contributed by atoms with Crippen molar-refractivity contribution in [3.63, 3.8) is 0 Å². The summed E-state index contributed by atoms with van der Waals surface area (Å²) in [5.74, 6) is 0. The number of fused-ring (bicyclic) bond motifs is 12. The Morgan fingerprint density at radius 2 is 1.16 bits per heavy atom. The second kappa shape index (κ2) is 13.6. The van der Waals surface area contributed by atoms with Crippen LogP contribution in [0.1, 0.15) is 133 Å². The molecule has 0 radical (unpaired) electrons. The molecule has 2 aliphatic carbocycles. The first-order valence-corrected chi connectivity index (χ1v) is 25.3. The molecule has 0 bridgehead atoms. The second-order valence-electron chi connectivity index (χ2n) is 23.7. The van der Waals surface area contributed by atoms with E-state index >= 15 is 0 Å². The maximum absolute atomic E-state index is 2.93.